The van der Waals surface area contributed by atoms with Crippen molar-refractivity contribution >= 4 is 40.2 Å². The second kappa shape index (κ2) is 7.46. The Morgan fingerprint density at radius 2 is 2.03 bits per heavy atom. The van der Waals surface area contributed by atoms with Gasteiger partial charge in [0, 0.05) is 28.4 Å². The predicted octanol–water partition coefficient (Wildman–Crippen LogP) is 4.84. The van der Waals surface area contributed by atoms with E-state index in [4.69, 9.17) is 16.3 Å². The number of rotatable bonds is 4. The molecule has 0 unspecified atom stereocenters. The summed E-state index contributed by atoms with van der Waals surface area (Å²) in [5.41, 5.74) is 2.66. The van der Waals surface area contributed by atoms with Crippen LogP contribution in [0.15, 0.2) is 53.7 Å². The van der Waals surface area contributed by atoms with E-state index in [2.05, 4.69) is 10.3 Å². The van der Waals surface area contributed by atoms with Crippen molar-refractivity contribution in [3.05, 3.63) is 74.4 Å². The highest BCUT2D eigenvalue weighted by Crippen LogP contribution is 2.42. The minimum absolute atomic E-state index is 0.117. The van der Waals surface area contributed by atoms with Gasteiger partial charge in [0.25, 0.3) is 5.69 Å². The number of nitrogens with one attached hydrogen (secondary N) is 1. The number of esters is 1. The van der Waals surface area contributed by atoms with Gasteiger partial charge in [0.1, 0.15) is 0 Å². The van der Waals surface area contributed by atoms with E-state index < -0.39 is 16.9 Å². The molecule has 0 aliphatic carbocycles. The average Bonchev–Trinajstić information content (AvgIpc) is 3.04. The summed E-state index contributed by atoms with van der Waals surface area (Å²) in [5.74, 6) is -0.00614. The molecule has 9 heteroatoms. The molecule has 3 aromatic rings. The van der Waals surface area contributed by atoms with Crippen molar-refractivity contribution in [1.29, 1.82) is 0 Å². The summed E-state index contributed by atoms with van der Waals surface area (Å²) in [5, 5.41) is 14.9. The molecule has 0 bridgehead atoms. The molecule has 2 heterocycles. The first-order valence-corrected chi connectivity index (χ1v) is 9.75. The molecule has 154 valence electrons. The minimum atomic E-state index is -0.743. The van der Waals surface area contributed by atoms with Crippen LogP contribution in [-0.2, 0) is 9.53 Å². The first-order valence-electron chi connectivity index (χ1n) is 9.37. The number of carbonyl (C=O) groups excluding carboxylic acids is 1. The quantitative estimate of drug-likeness (QED) is 0.364. The number of ether oxygens (including phenoxy) is 1. The van der Waals surface area contributed by atoms with Gasteiger partial charge in [-0.3, -0.25) is 14.7 Å². The van der Waals surface area contributed by atoms with Gasteiger partial charge < -0.3 is 10.1 Å². The molecule has 1 aliphatic rings. The maximum atomic E-state index is 13.1. The fourth-order valence-electron chi connectivity index (χ4n) is 3.65. The molecule has 4 rings (SSSR count). The summed E-state index contributed by atoms with van der Waals surface area (Å²) in [6, 6.07) is 10.9. The number of benzene rings is 2. The zero-order valence-electron chi connectivity index (χ0n) is 16.5. The second-order valence-corrected chi connectivity index (χ2v) is 7.68. The number of allylic oxidation sites excluding steroid dienone is 1. The molecule has 30 heavy (non-hydrogen) atoms. The lowest BCUT2D eigenvalue weighted by molar-refractivity contribution is -0.384. The van der Waals surface area contributed by atoms with Crippen molar-refractivity contribution in [2.75, 3.05) is 5.32 Å². The number of nitro groups is 1. The van der Waals surface area contributed by atoms with Crippen LogP contribution in [0, 0.1) is 10.1 Å². The van der Waals surface area contributed by atoms with Crippen molar-refractivity contribution in [1.82, 2.24) is 9.55 Å². The lowest BCUT2D eigenvalue weighted by Gasteiger charge is -2.31. The van der Waals surface area contributed by atoms with Gasteiger partial charge in [-0.1, -0.05) is 23.7 Å². The number of anilines is 1. The van der Waals surface area contributed by atoms with E-state index in [0.29, 0.717) is 27.8 Å². The van der Waals surface area contributed by atoms with Crippen LogP contribution in [0.3, 0.4) is 0 Å². The molecule has 8 nitrogen and oxygen atoms in total. The third-order valence-corrected chi connectivity index (χ3v) is 5.22. The predicted molar refractivity (Wildman–Crippen MR) is 114 cm³/mol. The van der Waals surface area contributed by atoms with Crippen LogP contribution in [0.4, 0.5) is 11.6 Å². The Morgan fingerprint density at radius 1 is 1.30 bits per heavy atom. The smallest absolute Gasteiger partial charge is 0.338 e. The van der Waals surface area contributed by atoms with Gasteiger partial charge in [-0.2, -0.15) is 0 Å². The highest BCUT2D eigenvalue weighted by atomic mass is 35.5. The summed E-state index contributed by atoms with van der Waals surface area (Å²) < 4.78 is 7.31. The number of non-ortho nitro benzene ring substituents is 1. The first-order chi connectivity index (χ1) is 14.3. The zero-order valence-corrected chi connectivity index (χ0v) is 17.3. The molecule has 0 radical (unpaired) electrons. The number of carbonyl (C=O) groups is 1. The van der Waals surface area contributed by atoms with Crippen molar-refractivity contribution < 1.29 is 14.5 Å². The monoisotopic (exact) mass is 426 g/mol. The lowest BCUT2D eigenvalue weighted by atomic mass is 9.94. The van der Waals surface area contributed by atoms with Gasteiger partial charge in [0.2, 0.25) is 5.95 Å². The lowest BCUT2D eigenvalue weighted by Crippen LogP contribution is -2.30. The number of nitro benzene ring substituents is 1. The van der Waals surface area contributed by atoms with E-state index in [0.717, 1.165) is 11.0 Å². The number of imidazole rings is 1. The molecule has 1 aliphatic heterocycles. The molecule has 0 saturated heterocycles. The van der Waals surface area contributed by atoms with Crippen LogP contribution < -0.4 is 5.32 Å². The first kappa shape index (κ1) is 19.9. The van der Waals surface area contributed by atoms with Crippen LogP contribution in [0.2, 0.25) is 5.02 Å². The van der Waals surface area contributed by atoms with Crippen molar-refractivity contribution in [2.24, 2.45) is 0 Å². The maximum Gasteiger partial charge on any atom is 0.338 e. The van der Waals surface area contributed by atoms with Crippen LogP contribution >= 0.6 is 11.6 Å². The molecule has 1 atom stereocenters. The average molecular weight is 427 g/mol. The zero-order chi connectivity index (χ0) is 21.6. The Hall–Kier alpha value is -3.39. The molecule has 0 spiro atoms. The molecule has 0 fully saturated rings. The largest absolute Gasteiger partial charge is 0.459 e. The molecular formula is C21H19ClN4O4. The number of para-hydroxylation sites is 2. The van der Waals surface area contributed by atoms with Crippen molar-refractivity contribution in [2.45, 2.75) is 32.9 Å². The Balaban J connectivity index is 2.01. The number of fused-ring (bicyclic) bond motifs is 3. The second-order valence-electron chi connectivity index (χ2n) is 7.28. The van der Waals surface area contributed by atoms with Crippen LogP contribution in [0.25, 0.3) is 11.0 Å². The minimum Gasteiger partial charge on any atom is -0.459 e. The number of nitrogens with zero attached hydrogens (tertiary/aromatic N) is 3. The van der Waals surface area contributed by atoms with E-state index in [1.165, 1.54) is 18.2 Å². The number of halogens is 1. The fourth-order valence-corrected chi connectivity index (χ4v) is 3.88. The van der Waals surface area contributed by atoms with Crippen molar-refractivity contribution in [3.8, 4) is 0 Å². The van der Waals surface area contributed by atoms with Crippen LogP contribution in [0.1, 0.15) is 32.4 Å². The summed E-state index contributed by atoms with van der Waals surface area (Å²) in [6.45, 7) is 5.27. The van der Waals surface area contributed by atoms with E-state index in [9.17, 15) is 14.9 Å². The Morgan fingerprint density at radius 3 is 2.73 bits per heavy atom. The normalized spacial score (nSPS) is 15.8. The van der Waals surface area contributed by atoms with Gasteiger partial charge in [0.15, 0.2) is 0 Å². The summed E-state index contributed by atoms with van der Waals surface area (Å²) >= 11 is 6.49. The molecule has 1 aromatic heterocycles. The fraction of sp³-hybridized carbons (Fsp3) is 0.238. The van der Waals surface area contributed by atoms with E-state index >= 15 is 0 Å². The van der Waals surface area contributed by atoms with Gasteiger partial charge in [0.05, 0.1) is 33.7 Å². The van der Waals surface area contributed by atoms with Gasteiger partial charge >= 0.3 is 5.97 Å². The van der Waals surface area contributed by atoms with E-state index in [1.807, 2.05) is 28.8 Å². The number of hydrogen-bond donors (Lipinski definition) is 1. The van der Waals surface area contributed by atoms with Crippen LogP contribution in [-0.4, -0.2) is 26.5 Å². The van der Waals surface area contributed by atoms with E-state index in [-0.39, 0.29) is 11.8 Å². The Kier molecular flexibility index (Phi) is 4.95. The standard InChI is InChI=1S/C21H19ClN4O4/c1-11(2)30-20(27)18-12(3)23-21-24-16-6-4-5-7-17(16)25(21)19(18)14-10-13(26(28)29)8-9-15(14)22/h4-11,19H,1-3H3,(H,23,24)/t19-/m0/s1. The highest BCUT2D eigenvalue weighted by Gasteiger charge is 2.37. The van der Waals surface area contributed by atoms with Crippen LogP contribution in [0.5, 0.6) is 0 Å². The molecule has 0 amide bonds. The number of hydrogen-bond acceptors (Lipinski definition) is 6. The molecule has 0 saturated carbocycles. The molecule has 1 N–H and O–H groups in total. The van der Waals surface area contributed by atoms with Gasteiger partial charge in [-0.25, -0.2) is 9.78 Å². The van der Waals surface area contributed by atoms with Crippen molar-refractivity contribution in [3.63, 3.8) is 0 Å². The third kappa shape index (κ3) is 3.29. The SMILES string of the molecule is CC1=C(C(=O)OC(C)C)[C@H](c2cc([N+](=O)[O-])ccc2Cl)n2c(nc3ccccc32)N1. The summed E-state index contributed by atoms with van der Waals surface area (Å²) in [7, 11) is 0. The Bertz CT molecular complexity index is 1210. The third-order valence-electron chi connectivity index (χ3n) is 4.88. The maximum absolute atomic E-state index is 13.1. The van der Waals surface area contributed by atoms with E-state index in [1.54, 1.807) is 20.8 Å². The summed E-state index contributed by atoms with van der Waals surface area (Å²) in [4.78, 5) is 28.6. The van der Waals surface area contributed by atoms with Gasteiger partial charge in [-0.15, -0.1) is 0 Å². The highest BCUT2D eigenvalue weighted by molar-refractivity contribution is 6.31. The topological polar surface area (TPSA) is 99.3 Å². The summed E-state index contributed by atoms with van der Waals surface area (Å²) in [6.07, 6.45) is -0.333. The molecule has 2 aromatic carbocycles. The Labute approximate surface area is 177 Å². The number of aromatic nitrogens is 2. The van der Waals surface area contributed by atoms with Gasteiger partial charge in [-0.05, 0) is 39.0 Å². The molecular weight excluding hydrogens is 408 g/mol.